The van der Waals surface area contributed by atoms with Gasteiger partial charge in [-0.1, -0.05) is 66.7 Å². The quantitative estimate of drug-likeness (QED) is 0.178. The monoisotopic (exact) mass is 826 g/mol. The lowest BCUT2D eigenvalue weighted by Crippen LogP contribution is -2.76. The lowest BCUT2D eigenvalue weighted by molar-refractivity contribution is -0.189. The maximum absolute atomic E-state index is 14.8. The molecule has 8 rings (SSSR count). The van der Waals surface area contributed by atoms with Crippen LogP contribution < -0.4 is 10.2 Å². The van der Waals surface area contributed by atoms with Crippen LogP contribution in [-0.4, -0.2) is 133 Å². The predicted molar refractivity (Wildman–Crippen MR) is 228 cm³/mol. The highest BCUT2D eigenvalue weighted by Crippen LogP contribution is 2.32. The summed E-state index contributed by atoms with van der Waals surface area (Å²) in [5.74, 6) is -0.0534. The molecular weight excluding hydrogens is 777 g/mol. The van der Waals surface area contributed by atoms with Crippen molar-refractivity contribution in [3.63, 3.8) is 0 Å². The molecule has 3 aromatic carbocycles. The number of para-hydroxylation sites is 1. The lowest BCUT2D eigenvalue weighted by atomic mass is 9.98. The number of ether oxygens (including phenoxy) is 1. The zero-order chi connectivity index (χ0) is 42.6. The highest BCUT2D eigenvalue weighted by Gasteiger charge is 2.51. The maximum atomic E-state index is 14.8. The van der Waals surface area contributed by atoms with Crippen molar-refractivity contribution in [2.24, 2.45) is 7.05 Å². The zero-order valence-electron chi connectivity index (χ0n) is 34.4. The van der Waals surface area contributed by atoms with E-state index in [4.69, 9.17) is 9.72 Å². The first-order chi connectivity index (χ1) is 29.6. The van der Waals surface area contributed by atoms with Gasteiger partial charge in [0.05, 0.1) is 49.6 Å². The van der Waals surface area contributed by atoms with E-state index in [1.807, 2.05) is 72.4 Å². The Morgan fingerprint density at radius 2 is 1.77 bits per heavy atom. The van der Waals surface area contributed by atoms with Crippen LogP contribution >= 0.6 is 0 Å². The number of nitrogens with zero attached hydrogens (tertiary/aromatic N) is 9. The first kappa shape index (κ1) is 41.0. The topological polar surface area (TPSA) is 160 Å². The SMILES string of the molecule is C=CCN1CC(=O)N2[C@@H](Cc3ccc(O)cc3)C(=O)N(Cc3cccc4c(C(=O)N(C)Cc5ccnc(N6CCOCC6)n5)cn(C)c34)C[C@@H]2N1C(=O)NCc1ccccc1. The third kappa shape index (κ3) is 8.63. The lowest BCUT2D eigenvalue weighted by Gasteiger charge is -2.55. The average molecular weight is 827 g/mol. The molecule has 316 valence electrons. The van der Waals surface area contributed by atoms with Gasteiger partial charge in [-0.25, -0.2) is 24.8 Å². The molecule has 0 saturated carbocycles. The third-order valence-corrected chi connectivity index (χ3v) is 11.4. The second-order valence-electron chi connectivity index (χ2n) is 15.6. The molecule has 0 spiro atoms. The number of phenolic OH excluding ortho intramolecular Hbond substituents is 1. The summed E-state index contributed by atoms with van der Waals surface area (Å²) in [5.41, 5.74) is 4.45. The molecule has 61 heavy (non-hydrogen) atoms. The molecule has 5 heterocycles. The van der Waals surface area contributed by atoms with Crippen molar-refractivity contribution in [1.29, 1.82) is 0 Å². The number of amides is 5. The van der Waals surface area contributed by atoms with E-state index < -0.39 is 18.2 Å². The van der Waals surface area contributed by atoms with Gasteiger partial charge in [0.25, 0.3) is 5.91 Å². The smallest absolute Gasteiger partial charge is 0.334 e. The highest BCUT2D eigenvalue weighted by molar-refractivity contribution is 6.07. The van der Waals surface area contributed by atoms with E-state index in [2.05, 4.69) is 21.8 Å². The number of fused-ring (bicyclic) bond motifs is 2. The largest absolute Gasteiger partial charge is 0.508 e. The highest BCUT2D eigenvalue weighted by atomic mass is 16.5. The van der Waals surface area contributed by atoms with Gasteiger partial charge in [0.15, 0.2) is 0 Å². The van der Waals surface area contributed by atoms with Crippen LogP contribution in [0.25, 0.3) is 10.9 Å². The molecule has 0 radical (unpaired) electrons. The second kappa shape index (κ2) is 17.8. The Hall–Kier alpha value is -6.78. The number of aryl methyl sites for hydroxylation is 1. The summed E-state index contributed by atoms with van der Waals surface area (Å²) in [6.07, 6.45) is 4.48. The summed E-state index contributed by atoms with van der Waals surface area (Å²) in [7, 11) is 3.62. The molecular formula is C45H50N10O6. The van der Waals surface area contributed by atoms with E-state index in [0.29, 0.717) is 43.5 Å². The first-order valence-corrected chi connectivity index (χ1v) is 20.4. The van der Waals surface area contributed by atoms with Crippen molar-refractivity contribution >= 4 is 40.6 Å². The van der Waals surface area contributed by atoms with Gasteiger partial charge in [0.1, 0.15) is 18.0 Å². The van der Waals surface area contributed by atoms with Crippen LogP contribution in [0.1, 0.15) is 32.7 Å². The predicted octanol–water partition coefficient (Wildman–Crippen LogP) is 3.52. The Morgan fingerprint density at radius 3 is 2.52 bits per heavy atom. The van der Waals surface area contributed by atoms with Crippen LogP contribution in [0.15, 0.2) is 104 Å². The number of nitrogens with one attached hydrogen (secondary N) is 1. The first-order valence-electron chi connectivity index (χ1n) is 20.4. The van der Waals surface area contributed by atoms with E-state index in [9.17, 15) is 24.3 Å². The summed E-state index contributed by atoms with van der Waals surface area (Å²) < 4.78 is 7.38. The number of hydrogen-bond donors (Lipinski definition) is 2. The van der Waals surface area contributed by atoms with Crippen LogP contribution in [-0.2, 0) is 47.4 Å². The molecule has 3 saturated heterocycles. The Balaban J connectivity index is 1.09. The number of benzene rings is 3. The van der Waals surface area contributed by atoms with Crippen LogP contribution in [0.3, 0.4) is 0 Å². The number of rotatable bonds is 12. The normalized spacial score (nSPS) is 18.3. The number of hydrazine groups is 1. The molecule has 2 N–H and O–H groups in total. The van der Waals surface area contributed by atoms with Crippen molar-refractivity contribution in [1.82, 2.24) is 44.6 Å². The molecule has 0 bridgehead atoms. The summed E-state index contributed by atoms with van der Waals surface area (Å²) in [4.78, 5) is 73.4. The Labute approximate surface area is 354 Å². The van der Waals surface area contributed by atoms with Gasteiger partial charge in [-0.15, -0.1) is 6.58 Å². The van der Waals surface area contributed by atoms with Gasteiger partial charge < -0.3 is 39.3 Å². The van der Waals surface area contributed by atoms with E-state index >= 15 is 0 Å². The van der Waals surface area contributed by atoms with Gasteiger partial charge in [0, 0.05) is 71.0 Å². The number of aromatic nitrogens is 3. The fourth-order valence-corrected chi connectivity index (χ4v) is 8.52. The summed E-state index contributed by atoms with van der Waals surface area (Å²) in [6.45, 7) is 7.32. The van der Waals surface area contributed by atoms with E-state index in [0.717, 1.165) is 27.6 Å². The Morgan fingerprint density at radius 1 is 1.00 bits per heavy atom. The molecule has 3 fully saturated rings. The van der Waals surface area contributed by atoms with Gasteiger partial charge >= 0.3 is 6.03 Å². The zero-order valence-corrected chi connectivity index (χ0v) is 34.4. The minimum Gasteiger partial charge on any atom is -0.508 e. The van der Waals surface area contributed by atoms with Gasteiger partial charge in [0.2, 0.25) is 17.8 Å². The molecule has 16 nitrogen and oxygen atoms in total. The molecule has 5 amide bonds. The Bertz CT molecular complexity index is 2420. The Kier molecular flexibility index (Phi) is 12.0. The number of piperazine rings is 1. The standard InChI is InChI=1S/C45H50N10O6/c1-4-19-53-30-40(57)54-38(24-31-13-15-35(56)16-14-31)43(59)52(29-39(54)55(53)45(60)47-25-32-9-6-5-7-10-32)26-33-11-8-12-36-37(28-49(2)41(33)36)42(58)50(3)27-34-17-18-46-44(48-34)51-20-22-61-23-21-51/h4-18,28,38-39,56H,1,19-27,29-30H2,2-3H3,(H,47,60)/t38-,39-/m0/s1. The van der Waals surface area contributed by atoms with E-state index in [1.54, 1.807) is 68.3 Å². The fourth-order valence-electron chi connectivity index (χ4n) is 8.52. The minimum absolute atomic E-state index is 0.0315. The van der Waals surface area contributed by atoms with Crippen molar-refractivity contribution in [2.75, 3.05) is 57.9 Å². The fraction of sp³-hybridized carbons (Fsp3) is 0.333. The summed E-state index contributed by atoms with van der Waals surface area (Å²) >= 11 is 0. The van der Waals surface area contributed by atoms with Crippen LogP contribution in [0, 0.1) is 0 Å². The number of aromatic hydroxyl groups is 1. The van der Waals surface area contributed by atoms with Crippen molar-refractivity contribution in [3.8, 4) is 5.75 Å². The molecule has 3 aliphatic rings. The van der Waals surface area contributed by atoms with Crippen molar-refractivity contribution in [2.45, 2.75) is 38.3 Å². The van der Waals surface area contributed by atoms with Crippen LogP contribution in [0.5, 0.6) is 5.75 Å². The molecule has 3 aliphatic heterocycles. The van der Waals surface area contributed by atoms with Crippen LogP contribution in [0.2, 0.25) is 0 Å². The number of anilines is 1. The molecule has 5 aromatic rings. The van der Waals surface area contributed by atoms with Gasteiger partial charge in [-0.3, -0.25) is 14.4 Å². The number of urea groups is 1. The molecule has 16 heteroatoms. The van der Waals surface area contributed by atoms with E-state index in [-0.39, 0.29) is 69.2 Å². The number of carbonyl (C=O) groups excluding carboxylic acids is 4. The number of phenols is 1. The summed E-state index contributed by atoms with van der Waals surface area (Å²) in [6, 6.07) is 22.3. The summed E-state index contributed by atoms with van der Waals surface area (Å²) in [5, 5.41) is 17.0. The molecule has 2 aromatic heterocycles. The molecule has 0 aliphatic carbocycles. The minimum atomic E-state index is -0.949. The number of morpholine rings is 1. The second-order valence-corrected chi connectivity index (χ2v) is 15.6. The van der Waals surface area contributed by atoms with Crippen LogP contribution in [0.4, 0.5) is 10.7 Å². The van der Waals surface area contributed by atoms with E-state index in [1.165, 1.54) is 0 Å². The molecule has 2 atom stereocenters. The van der Waals surface area contributed by atoms with Gasteiger partial charge in [-0.2, -0.15) is 0 Å². The average Bonchev–Trinajstić information content (AvgIpc) is 3.62. The maximum Gasteiger partial charge on any atom is 0.334 e. The van der Waals surface area contributed by atoms with Crippen molar-refractivity contribution in [3.05, 3.63) is 132 Å². The number of hydrogen-bond acceptors (Lipinski definition) is 10. The number of carbonyl (C=O) groups is 4. The molecule has 0 unspecified atom stereocenters. The van der Waals surface area contributed by atoms with Gasteiger partial charge in [-0.05, 0) is 34.9 Å². The van der Waals surface area contributed by atoms with Crippen molar-refractivity contribution < 1.29 is 29.0 Å². The third-order valence-electron chi connectivity index (χ3n) is 11.4.